The fourth-order valence-electron chi connectivity index (χ4n) is 4.41. The molecule has 3 rings (SSSR count). The molecule has 0 fully saturated rings. The molecule has 0 aliphatic heterocycles. The van der Waals surface area contributed by atoms with Gasteiger partial charge in [-0.3, -0.25) is 4.79 Å². The van der Waals surface area contributed by atoms with Gasteiger partial charge in [0.2, 0.25) is 5.91 Å². The number of aliphatic hydroxyl groups is 1. The third-order valence-corrected chi connectivity index (χ3v) is 6.58. The quantitative estimate of drug-likeness (QED) is 0.181. The van der Waals surface area contributed by atoms with Crippen LogP contribution in [0.4, 0.5) is 4.79 Å². The van der Waals surface area contributed by atoms with Crippen LogP contribution in [0, 0.1) is 0 Å². The van der Waals surface area contributed by atoms with Crippen molar-refractivity contribution in [2.24, 2.45) is 5.73 Å². The van der Waals surface area contributed by atoms with E-state index in [1.165, 1.54) is 0 Å². The molecule has 0 spiro atoms. The van der Waals surface area contributed by atoms with E-state index in [1.807, 2.05) is 66.7 Å². The Hall–Kier alpha value is -4.08. The van der Waals surface area contributed by atoms with E-state index in [2.05, 4.69) is 17.4 Å². The summed E-state index contributed by atoms with van der Waals surface area (Å²) in [5.41, 5.74) is 7.19. The molecule has 0 aliphatic carbocycles. The minimum atomic E-state index is -1.16. The van der Waals surface area contributed by atoms with Crippen LogP contribution in [0.1, 0.15) is 42.4 Å². The maximum atomic E-state index is 11.8. The first-order valence-electron chi connectivity index (χ1n) is 13.3. The maximum absolute atomic E-state index is 11.8. The van der Waals surface area contributed by atoms with Crippen LogP contribution in [0.25, 0.3) is 0 Å². The van der Waals surface area contributed by atoms with Gasteiger partial charge >= 0.3 is 6.09 Å². The van der Waals surface area contributed by atoms with Gasteiger partial charge in [0.25, 0.3) is 0 Å². The van der Waals surface area contributed by atoms with Gasteiger partial charge in [-0.2, -0.15) is 0 Å². The van der Waals surface area contributed by atoms with Gasteiger partial charge in [-0.05, 0) is 60.2 Å². The molecular weight excluding hydrogens is 512 g/mol. The molecule has 0 saturated heterocycles. The molecule has 40 heavy (non-hydrogen) atoms. The van der Waals surface area contributed by atoms with Crippen LogP contribution in [0.15, 0.2) is 78.9 Å². The first-order chi connectivity index (χ1) is 19.4. The summed E-state index contributed by atoms with van der Waals surface area (Å²) in [6, 6.07) is 24.8. The van der Waals surface area contributed by atoms with Crippen molar-refractivity contribution in [1.29, 1.82) is 0 Å². The van der Waals surface area contributed by atoms with Gasteiger partial charge in [-0.15, -0.1) is 0 Å². The van der Waals surface area contributed by atoms with E-state index < -0.39 is 30.3 Å². The van der Waals surface area contributed by atoms with E-state index in [0.29, 0.717) is 13.0 Å². The Bertz CT molecular complexity index is 1140. The van der Waals surface area contributed by atoms with Gasteiger partial charge in [0, 0.05) is 6.61 Å². The summed E-state index contributed by atoms with van der Waals surface area (Å²) in [4.78, 5) is 22.9. The molecule has 0 aromatic heterocycles. The summed E-state index contributed by atoms with van der Waals surface area (Å²) in [5.74, 6) is 0.700. The first-order valence-corrected chi connectivity index (χ1v) is 13.3. The van der Waals surface area contributed by atoms with Crippen molar-refractivity contribution in [3.8, 4) is 11.5 Å². The molecule has 4 N–H and O–H groups in total. The molecular formula is C31H38N2O7. The zero-order chi connectivity index (χ0) is 28.8. The Balaban J connectivity index is 1.68. The fourth-order valence-corrected chi connectivity index (χ4v) is 4.41. The number of primary amides is 1. The number of carbonyl (C=O) groups excluding carboxylic acids is 2. The van der Waals surface area contributed by atoms with Crippen LogP contribution < -0.4 is 20.5 Å². The lowest BCUT2D eigenvalue weighted by Gasteiger charge is -2.36. The Kier molecular flexibility index (Phi) is 11.8. The molecule has 3 aromatic carbocycles. The third-order valence-electron chi connectivity index (χ3n) is 6.58. The van der Waals surface area contributed by atoms with Crippen LogP contribution in [0.3, 0.4) is 0 Å². The second-order valence-electron chi connectivity index (χ2n) is 9.18. The Labute approximate surface area is 235 Å². The minimum absolute atomic E-state index is 0.190. The van der Waals surface area contributed by atoms with E-state index in [4.69, 9.17) is 29.8 Å². The van der Waals surface area contributed by atoms with Gasteiger partial charge in [0.1, 0.15) is 23.1 Å². The van der Waals surface area contributed by atoms with Crippen molar-refractivity contribution >= 4 is 12.0 Å². The number of alkyl carbamates (subject to hydrolysis) is 1. The average molecular weight is 551 g/mol. The lowest BCUT2D eigenvalue weighted by atomic mass is 9.80. The molecule has 9 nitrogen and oxygen atoms in total. The monoisotopic (exact) mass is 550 g/mol. The van der Waals surface area contributed by atoms with E-state index in [-0.39, 0.29) is 6.61 Å². The average Bonchev–Trinajstić information content (AvgIpc) is 2.99. The second kappa shape index (κ2) is 15.5. The van der Waals surface area contributed by atoms with Crippen LogP contribution in [-0.2, 0) is 19.9 Å². The standard InChI is InChI=1S/C31H38N2O7/c1-37-26-16-12-24(13-17-26)31(23-10-6-5-7-11-23,25-14-18-27(38-2)19-15-25)40-21-9-4-3-8-20-39-30(36)33-28(22-34)29(32)35/h5-7,10-19,28,34H,3-4,8-9,20-22H2,1-2H3,(H2,32,35)(H,33,36)/t28-/m0/s1. The number of hydrogen-bond acceptors (Lipinski definition) is 7. The van der Waals surface area contributed by atoms with Crippen molar-refractivity contribution < 1.29 is 33.6 Å². The van der Waals surface area contributed by atoms with Gasteiger partial charge in [0.15, 0.2) is 0 Å². The van der Waals surface area contributed by atoms with Crippen molar-refractivity contribution in [3.63, 3.8) is 0 Å². The largest absolute Gasteiger partial charge is 0.497 e. The zero-order valence-corrected chi connectivity index (χ0v) is 23.0. The number of amides is 2. The highest BCUT2D eigenvalue weighted by molar-refractivity contribution is 5.84. The van der Waals surface area contributed by atoms with Crippen LogP contribution in [-0.4, -0.2) is 57.2 Å². The number of methoxy groups -OCH3 is 2. The van der Waals surface area contributed by atoms with E-state index in [1.54, 1.807) is 14.2 Å². The van der Waals surface area contributed by atoms with Gasteiger partial charge in [-0.25, -0.2) is 4.79 Å². The highest BCUT2D eigenvalue weighted by Crippen LogP contribution is 2.41. The smallest absolute Gasteiger partial charge is 0.407 e. The molecule has 0 saturated carbocycles. The van der Waals surface area contributed by atoms with Crippen LogP contribution in [0.5, 0.6) is 11.5 Å². The van der Waals surface area contributed by atoms with Crippen molar-refractivity contribution in [1.82, 2.24) is 5.32 Å². The Morgan fingerprint density at radius 3 is 1.75 bits per heavy atom. The maximum Gasteiger partial charge on any atom is 0.407 e. The summed E-state index contributed by atoms with van der Waals surface area (Å²) in [6.07, 6.45) is 2.34. The lowest BCUT2D eigenvalue weighted by molar-refractivity contribution is -0.120. The van der Waals surface area contributed by atoms with Crippen LogP contribution in [0.2, 0.25) is 0 Å². The normalized spacial score (nSPS) is 11.9. The first kappa shape index (κ1) is 30.5. The predicted molar refractivity (Wildman–Crippen MR) is 151 cm³/mol. The molecule has 0 aliphatic rings. The molecule has 3 aromatic rings. The second-order valence-corrected chi connectivity index (χ2v) is 9.18. The minimum Gasteiger partial charge on any atom is -0.497 e. The SMILES string of the molecule is COc1ccc(C(OCCCCCCOC(=O)N[C@@H](CO)C(N)=O)(c2ccccc2)c2ccc(OC)cc2)cc1. The number of benzene rings is 3. The summed E-state index contributed by atoms with van der Waals surface area (Å²) in [7, 11) is 3.29. The highest BCUT2D eigenvalue weighted by Gasteiger charge is 2.37. The van der Waals surface area contributed by atoms with Crippen molar-refractivity contribution in [2.45, 2.75) is 37.3 Å². The topological polar surface area (TPSA) is 129 Å². The number of ether oxygens (including phenoxy) is 4. The molecule has 214 valence electrons. The van der Waals surface area contributed by atoms with Gasteiger partial charge < -0.3 is 35.1 Å². The van der Waals surface area contributed by atoms with Crippen molar-refractivity contribution in [2.75, 3.05) is 34.0 Å². The zero-order valence-electron chi connectivity index (χ0n) is 23.0. The molecule has 2 amide bonds. The van der Waals surface area contributed by atoms with Gasteiger partial charge in [0.05, 0.1) is 27.4 Å². The van der Waals surface area contributed by atoms with E-state index >= 15 is 0 Å². The van der Waals surface area contributed by atoms with E-state index in [9.17, 15) is 9.59 Å². The third kappa shape index (κ3) is 7.97. The Morgan fingerprint density at radius 1 is 0.775 bits per heavy atom. The molecule has 9 heteroatoms. The number of nitrogens with two attached hydrogens (primary N) is 1. The summed E-state index contributed by atoms with van der Waals surface area (Å²) in [6.45, 7) is 0.0995. The summed E-state index contributed by atoms with van der Waals surface area (Å²) < 4.78 is 22.7. The molecule has 1 atom stereocenters. The van der Waals surface area contributed by atoms with Gasteiger partial charge in [-0.1, -0.05) is 61.0 Å². The molecule has 0 unspecified atom stereocenters. The number of hydrogen-bond donors (Lipinski definition) is 3. The molecule has 0 radical (unpaired) electrons. The molecule has 0 heterocycles. The molecule has 0 bridgehead atoms. The fraction of sp³-hybridized carbons (Fsp3) is 0.355. The summed E-state index contributed by atoms with van der Waals surface area (Å²) >= 11 is 0. The Morgan fingerprint density at radius 2 is 1.27 bits per heavy atom. The van der Waals surface area contributed by atoms with Crippen LogP contribution >= 0.6 is 0 Å². The number of rotatable bonds is 16. The van der Waals surface area contributed by atoms with E-state index in [0.717, 1.165) is 47.5 Å². The predicted octanol–water partition coefficient (Wildman–Crippen LogP) is 4.15. The summed E-state index contributed by atoms with van der Waals surface area (Å²) in [5, 5.41) is 11.3. The number of aliphatic hydroxyl groups excluding tert-OH is 1. The number of carbonyl (C=O) groups is 2. The lowest BCUT2D eigenvalue weighted by Crippen LogP contribution is -2.47. The van der Waals surface area contributed by atoms with Crippen molar-refractivity contribution in [3.05, 3.63) is 95.6 Å². The highest BCUT2D eigenvalue weighted by atomic mass is 16.5. The number of nitrogens with one attached hydrogen (secondary N) is 1. The number of unbranched alkanes of at least 4 members (excludes halogenated alkanes) is 3.